The van der Waals surface area contributed by atoms with Crippen LogP contribution in [0.1, 0.15) is 26.8 Å². The Hall–Kier alpha value is -2.30. The van der Waals surface area contributed by atoms with E-state index in [-0.39, 0.29) is 30.7 Å². The molecule has 138 valence electrons. The molecule has 0 bridgehead atoms. The molecule has 9 nitrogen and oxygen atoms in total. The lowest BCUT2D eigenvalue weighted by molar-refractivity contribution is -0.258. The summed E-state index contributed by atoms with van der Waals surface area (Å²) in [7, 11) is 0. The third-order valence-electron chi connectivity index (χ3n) is 4.36. The second kappa shape index (κ2) is 7.14. The molecule has 2 aromatic heterocycles. The summed E-state index contributed by atoms with van der Waals surface area (Å²) in [5.41, 5.74) is 0. The van der Waals surface area contributed by atoms with E-state index in [0.29, 0.717) is 37.7 Å². The molecule has 0 aromatic carbocycles. The van der Waals surface area contributed by atoms with Gasteiger partial charge >= 0.3 is 0 Å². The van der Waals surface area contributed by atoms with Gasteiger partial charge in [-0.3, -0.25) is 9.59 Å². The number of rotatable bonds is 2. The van der Waals surface area contributed by atoms with Crippen molar-refractivity contribution >= 4 is 23.2 Å². The molecule has 1 unspecified atom stereocenters. The Balaban J connectivity index is 1.52. The highest BCUT2D eigenvalue weighted by atomic mass is 32.1. The summed E-state index contributed by atoms with van der Waals surface area (Å²) >= 11 is 1.30. The number of oxazole rings is 1. The van der Waals surface area contributed by atoms with Gasteiger partial charge in [0.1, 0.15) is 0 Å². The van der Waals surface area contributed by atoms with Crippen LogP contribution in [0.2, 0.25) is 0 Å². The second-order valence-electron chi connectivity index (χ2n) is 6.12. The highest BCUT2D eigenvalue weighted by Crippen LogP contribution is 2.26. The van der Waals surface area contributed by atoms with E-state index in [9.17, 15) is 9.59 Å². The molecule has 0 saturated carbocycles. The maximum absolute atomic E-state index is 12.6. The van der Waals surface area contributed by atoms with Crippen molar-refractivity contribution in [2.24, 2.45) is 0 Å². The summed E-state index contributed by atoms with van der Waals surface area (Å²) in [4.78, 5) is 36.4. The molecule has 0 N–H and O–H groups in total. The monoisotopic (exact) mass is 378 g/mol. The molecule has 10 heteroatoms. The number of thiazole rings is 1. The third-order valence-corrected chi connectivity index (χ3v) is 5.12. The number of aromatic nitrogens is 2. The van der Waals surface area contributed by atoms with Crippen LogP contribution in [0.25, 0.3) is 0 Å². The number of ether oxygens (including phenoxy) is 2. The zero-order chi connectivity index (χ0) is 18.0. The second-order valence-corrected chi connectivity index (χ2v) is 7.01. The summed E-state index contributed by atoms with van der Waals surface area (Å²) in [6, 6.07) is 0. The summed E-state index contributed by atoms with van der Waals surface area (Å²) in [5.74, 6) is -1.28. The van der Waals surface area contributed by atoms with Crippen molar-refractivity contribution in [1.82, 2.24) is 19.8 Å². The van der Waals surface area contributed by atoms with E-state index in [1.165, 1.54) is 23.9 Å². The first-order chi connectivity index (χ1) is 12.7. The number of amides is 2. The maximum atomic E-state index is 12.6. The Bertz CT molecular complexity index is 766. The SMILES string of the molecule is O=C(c1cnco1)N1CCCOC2(C1)CN(C(=O)c1nccs1)CCO2. The fourth-order valence-corrected chi connectivity index (χ4v) is 3.76. The van der Waals surface area contributed by atoms with Gasteiger partial charge in [0.15, 0.2) is 11.4 Å². The van der Waals surface area contributed by atoms with Gasteiger partial charge in [-0.05, 0) is 6.42 Å². The average Bonchev–Trinajstić information content (AvgIpc) is 3.34. The fraction of sp³-hybridized carbons (Fsp3) is 0.500. The summed E-state index contributed by atoms with van der Waals surface area (Å²) in [6.45, 7) is 2.21. The fourth-order valence-electron chi connectivity index (χ4n) is 3.16. The molecule has 0 radical (unpaired) electrons. The van der Waals surface area contributed by atoms with Gasteiger partial charge in [0, 0.05) is 24.7 Å². The lowest BCUT2D eigenvalue weighted by atomic mass is 10.2. The summed E-state index contributed by atoms with van der Waals surface area (Å²) in [5, 5.41) is 2.20. The minimum Gasteiger partial charge on any atom is -0.438 e. The molecule has 2 aromatic rings. The van der Waals surface area contributed by atoms with E-state index in [2.05, 4.69) is 9.97 Å². The topological polar surface area (TPSA) is 98.0 Å². The summed E-state index contributed by atoms with van der Waals surface area (Å²) in [6.07, 6.45) is 4.89. The van der Waals surface area contributed by atoms with Crippen LogP contribution in [0.3, 0.4) is 0 Å². The molecule has 2 amide bonds. The van der Waals surface area contributed by atoms with E-state index < -0.39 is 5.79 Å². The van der Waals surface area contributed by atoms with E-state index in [0.717, 1.165) is 0 Å². The van der Waals surface area contributed by atoms with Gasteiger partial charge in [-0.15, -0.1) is 11.3 Å². The zero-order valence-corrected chi connectivity index (χ0v) is 14.8. The van der Waals surface area contributed by atoms with Crippen LogP contribution in [-0.4, -0.2) is 76.8 Å². The molecule has 4 heterocycles. The molecule has 2 saturated heterocycles. The standard InChI is InChI=1S/C16H18N4O5S/c21-14(12-8-17-11-23-12)19-3-1-5-24-16(9-19)10-20(4-6-25-16)15(22)13-18-2-7-26-13/h2,7-8,11H,1,3-6,9-10H2. The van der Waals surface area contributed by atoms with Gasteiger partial charge in [0.05, 0.1) is 32.5 Å². The van der Waals surface area contributed by atoms with Crippen molar-refractivity contribution in [3.05, 3.63) is 34.9 Å². The van der Waals surface area contributed by atoms with Crippen LogP contribution in [0.15, 0.2) is 28.6 Å². The van der Waals surface area contributed by atoms with Crippen LogP contribution in [0.4, 0.5) is 0 Å². The van der Waals surface area contributed by atoms with Crippen molar-refractivity contribution in [2.75, 3.05) is 39.4 Å². The van der Waals surface area contributed by atoms with Crippen molar-refractivity contribution in [3.8, 4) is 0 Å². The molecule has 2 fully saturated rings. The molecular weight excluding hydrogens is 360 g/mol. The van der Waals surface area contributed by atoms with E-state index in [1.807, 2.05) is 0 Å². The normalized spacial score (nSPS) is 23.8. The van der Waals surface area contributed by atoms with E-state index >= 15 is 0 Å². The number of morpholine rings is 1. The predicted octanol–water partition coefficient (Wildman–Crippen LogP) is 0.862. The number of nitrogens with zero attached hydrogens (tertiary/aromatic N) is 4. The maximum Gasteiger partial charge on any atom is 0.291 e. The Morgan fingerprint density at radius 1 is 1.12 bits per heavy atom. The van der Waals surface area contributed by atoms with Gasteiger partial charge in [0.2, 0.25) is 11.5 Å². The molecule has 26 heavy (non-hydrogen) atoms. The Labute approximate surface area is 153 Å². The molecule has 2 aliphatic rings. The van der Waals surface area contributed by atoms with E-state index in [4.69, 9.17) is 13.9 Å². The smallest absolute Gasteiger partial charge is 0.291 e. The number of carbonyl (C=O) groups is 2. The number of hydrogen-bond donors (Lipinski definition) is 0. The minimum atomic E-state index is -1.04. The Kier molecular flexibility index (Phi) is 4.70. The van der Waals surface area contributed by atoms with Crippen LogP contribution in [0.5, 0.6) is 0 Å². The van der Waals surface area contributed by atoms with Crippen molar-refractivity contribution in [3.63, 3.8) is 0 Å². The quantitative estimate of drug-likeness (QED) is 0.764. The van der Waals surface area contributed by atoms with Crippen molar-refractivity contribution in [1.29, 1.82) is 0 Å². The van der Waals surface area contributed by atoms with Crippen LogP contribution >= 0.6 is 11.3 Å². The molecular formula is C16H18N4O5S. The van der Waals surface area contributed by atoms with E-state index in [1.54, 1.807) is 21.4 Å². The first-order valence-electron chi connectivity index (χ1n) is 8.31. The lowest BCUT2D eigenvalue weighted by Gasteiger charge is -2.42. The van der Waals surface area contributed by atoms with Gasteiger partial charge in [0.25, 0.3) is 11.8 Å². The highest BCUT2D eigenvalue weighted by Gasteiger charge is 2.44. The first kappa shape index (κ1) is 17.1. The Morgan fingerprint density at radius 2 is 1.92 bits per heavy atom. The summed E-state index contributed by atoms with van der Waals surface area (Å²) < 4.78 is 17.0. The zero-order valence-electron chi connectivity index (χ0n) is 14.0. The van der Waals surface area contributed by atoms with Crippen molar-refractivity contribution in [2.45, 2.75) is 12.2 Å². The van der Waals surface area contributed by atoms with Gasteiger partial charge in [-0.2, -0.15) is 0 Å². The third kappa shape index (κ3) is 3.35. The van der Waals surface area contributed by atoms with Crippen LogP contribution < -0.4 is 0 Å². The lowest BCUT2D eigenvalue weighted by Crippen LogP contribution is -2.59. The molecule has 4 rings (SSSR count). The van der Waals surface area contributed by atoms with Gasteiger partial charge in [-0.1, -0.05) is 0 Å². The van der Waals surface area contributed by atoms with Crippen LogP contribution in [-0.2, 0) is 9.47 Å². The van der Waals surface area contributed by atoms with Crippen LogP contribution in [0, 0.1) is 0 Å². The minimum absolute atomic E-state index is 0.149. The molecule has 2 aliphatic heterocycles. The molecule has 1 atom stereocenters. The predicted molar refractivity (Wildman–Crippen MR) is 89.7 cm³/mol. The Morgan fingerprint density at radius 3 is 2.65 bits per heavy atom. The first-order valence-corrected chi connectivity index (χ1v) is 9.19. The molecule has 1 spiro atoms. The van der Waals surface area contributed by atoms with Gasteiger partial charge < -0.3 is 23.7 Å². The van der Waals surface area contributed by atoms with Gasteiger partial charge in [-0.25, -0.2) is 9.97 Å². The number of hydrogen-bond acceptors (Lipinski definition) is 8. The molecule has 0 aliphatic carbocycles. The average molecular weight is 378 g/mol. The number of carbonyl (C=O) groups excluding carboxylic acids is 2. The largest absolute Gasteiger partial charge is 0.438 e. The highest BCUT2D eigenvalue weighted by molar-refractivity contribution is 7.11. The van der Waals surface area contributed by atoms with Crippen molar-refractivity contribution < 1.29 is 23.5 Å².